The fourth-order valence-electron chi connectivity index (χ4n) is 2.41. The molecule has 0 aliphatic carbocycles. The highest BCUT2D eigenvalue weighted by Gasteiger charge is 2.09. The van der Waals surface area contributed by atoms with Crippen molar-refractivity contribution in [2.24, 2.45) is 0 Å². The van der Waals surface area contributed by atoms with Gasteiger partial charge < -0.3 is 14.8 Å². The minimum atomic E-state index is -0.287. The summed E-state index contributed by atoms with van der Waals surface area (Å²) in [6.45, 7) is 0.402. The summed E-state index contributed by atoms with van der Waals surface area (Å²) in [6, 6.07) is 11.7. The average Bonchev–Trinajstić information content (AvgIpc) is 3.08. The second-order valence-electron chi connectivity index (χ2n) is 5.54. The Kier molecular flexibility index (Phi) is 5.82. The molecule has 0 spiro atoms. The zero-order chi connectivity index (χ0) is 19.2. The Labute approximate surface area is 161 Å². The third-order valence-electron chi connectivity index (χ3n) is 3.65. The van der Waals surface area contributed by atoms with Crippen molar-refractivity contribution in [2.75, 3.05) is 24.9 Å². The molecule has 140 valence electrons. The molecule has 1 heterocycles. The van der Waals surface area contributed by atoms with E-state index in [-0.39, 0.29) is 5.82 Å². The summed E-state index contributed by atoms with van der Waals surface area (Å²) in [7, 11) is 3.14. The molecular weight excluding hydrogens is 369 g/mol. The molecule has 0 saturated heterocycles. The third kappa shape index (κ3) is 4.91. The van der Waals surface area contributed by atoms with E-state index in [0.717, 1.165) is 5.56 Å². The molecule has 0 bridgehead atoms. The number of rotatable bonds is 6. The van der Waals surface area contributed by atoms with E-state index in [0.29, 0.717) is 34.8 Å². The molecule has 2 N–H and O–H groups in total. The van der Waals surface area contributed by atoms with E-state index in [1.807, 2.05) is 6.07 Å². The first-order valence-corrected chi connectivity index (χ1v) is 8.42. The van der Waals surface area contributed by atoms with Gasteiger partial charge in [-0.15, -0.1) is 5.10 Å². The zero-order valence-electron chi connectivity index (χ0n) is 14.8. The molecule has 3 rings (SSSR count). The number of ether oxygens (including phenoxy) is 2. The largest absolute Gasteiger partial charge is 0.497 e. The Morgan fingerprint density at radius 3 is 2.74 bits per heavy atom. The van der Waals surface area contributed by atoms with E-state index in [1.165, 1.54) is 12.1 Å². The van der Waals surface area contributed by atoms with E-state index in [1.54, 1.807) is 49.5 Å². The topological polar surface area (TPSA) is 73.2 Å². The first kappa shape index (κ1) is 18.6. The van der Waals surface area contributed by atoms with Gasteiger partial charge in [0.2, 0.25) is 5.95 Å². The standard InChI is InChI=1S/C18H18FN5O2S/c1-25-14-6-7-15(16(9-14)26-2)21-18(27)22-17-20-11-24(23-17)10-12-4-3-5-13(19)8-12/h3-9,11H,10H2,1-2H3,(H2,21,22,23,27). The lowest BCUT2D eigenvalue weighted by molar-refractivity contribution is 0.395. The lowest BCUT2D eigenvalue weighted by atomic mass is 10.2. The molecular formula is C18H18FN5O2S. The van der Waals surface area contributed by atoms with Crippen molar-refractivity contribution in [2.45, 2.75) is 6.54 Å². The smallest absolute Gasteiger partial charge is 0.248 e. The van der Waals surface area contributed by atoms with Crippen LogP contribution in [0.15, 0.2) is 48.8 Å². The number of hydrogen-bond acceptors (Lipinski definition) is 5. The fourth-order valence-corrected chi connectivity index (χ4v) is 2.61. The number of benzene rings is 2. The van der Waals surface area contributed by atoms with Crippen LogP contribution in [0, 0.1) is 5.82 Å². The molecule has 0 aliphatic heterocycles. The molecule has 2 aromatic carbocycles. The van der Waals surface area contributed by atoms with Crippen LogP contribution in [0.4, 0.5) is 16.0 Å². The summed E-state index contributed by atoms with van der Waals surface area (Å²) in [5.74, 6) is 1.30. The van der Waals surface area contributed by atoms with Crippen molar-refractivity contribution < 1.29 is 13.9 Å². The fraction of sp³-hybridized carbons (Fsp3) is 0.167. The summed E-state index contributed by atoms with van der Waals surface area (Å²) in [5.41, 5.74) is 1.46. The van der Waals surface area contributed by atoms with Crippen molar-refractivity contribution in [3.05, 3.63) is 60.2 Å². The van der Waals surface area contributed by atoms with Crippen molar-refractivity contribution in [1.29, 1.82) is 0 Å². The number of hydrogen-bond donors (Lipinski definition) is 2. The van der Waals surface area contributed by atoms with Gasteiger partial charge in [-0.3, -0.25) is 5.32 Å². The maximum absolute atomic E-state index is 13.3. The summed E-state index contributed by atoms with van der Waals surface area (Å²) in [6.07, 6.45) is 1.55. The maximum Gasteiger partial charge on any atom is 0.248 e. The Balaban J connectivity index is 1.63. The van der Waals surface area contributed by atoms with E-state index < -0.39 is 0 Å². The van der Waals surface area contributed by atoms with Crippen LogP contribution < -0.4 is 20.1 Å². The van der Waals surface area contributed by atoms with Crippen LogP contribution in [0.2, 0.25) is 0 Å². The lowest BCUT2D eigenvalue weighted by Gasteiger charge is -2.13. The van der Waals surface area contributed by atoms with Gasteiger partial charge in [-0.25, -0.2) is 14.1 Å². The molecule has 9 heteroatoms. The van der Waals surface area contributed by atoms with Crippen molar-refractivity contribution in [3.63, 3.8) is 0 Å². The third-order valence-corrected chi connectivity index (χ3v) is 3.86. The summed E-state index contributed by atoms with van der Waals surface area (Å²) in [5, 5.41) is 10.5. The van der Waals surface area contributed by atoms with Gasteiger partial charge in [0.15, 0.2) is 5.11 Å². The lowest BCUT2D eigenvalue weighted by Crippen LogP contribution is -2.20. The number of methoxy groups -OCH3 is 2. The molecule has 7 nitrogen and oxygen atoms in total. The van der Waals surface area contributed by atoms with E-state index in [2.05, 4.69) is 20.7 Å². The molecule has 3 aromatic rings. The van der Waals surface area contributed by atoms with Crippen molar-refractivity contribution in [3.8, 4) is 11.5 Å². The summed E-state index contributed by atoms with van der Waals surface area (Å²) in [4.78, 5) is 4.15. The van der Waals surface area contributed by atoms with Crippen molar-refractivity contribution in [1.82, 2.24) is 14.8 Å². The van der Waals surface area contributed by atoms with E-state index in [4.69, 9.17) is 21.7 Å². The van der Waals surface area contributed by atoms with Crippen LogP contribution in [0.1, 0.15) is 5.56 Å². The highest BCUT2D eigenvalue weighted by Crippen LogP contribution is 2.29. The Hall–Kier alpha value is -3.20. The molecule has 0 fully saturated rings. The van der Waals surface area contributed by atoms with Crippen LogP contribution in [0.25, 0.3) is 0 Å². The van der Waals surface area contributed by atoms with Crippen molar-refractivity contribution >= 4 is 29.0 Å². The van der Waals surface area contributed by atoms with Gasteiger partial charge in [-0.05, 0) is 42.0 Å². The zero-order valence-corrected chi connectivity index (χ0v) is 15.6. The number of nitrogens with one attached hydrogen (secondary N) is 2. The summed E-state index contributed by atoms with van der Waals surface area (Å²) < 4.78 is 25.3. The van der Waals surface area contributed by atoms with Gasteiger partial charge in [-0.1, -0.05) is 12.1 Å². The Morgan fingerprint density at radius 2 is 2.00 bits per heavy atom. The molecule has 27 heavy (non-hydrogen) atoms. The van der Waals surface area contributed by atoms with E-state index >= 15 is 0 Å². The van der Waals surface area contributed by atoms with Gasteiger partial charge in [-0.2, -0.15) is 0 Å². The minimum Gasteiger partial charge on any atom is -0.497 e. The van der Waals surface area contributed by atoms with Gasteiger partial charge in [0.05, 0.1) is 26.5 Å². The minimum absolute atomic E-state index is 0.287. The van der Waals surface area contributed by atoms with Gasteiger partial charge in [0.25, 0.3) is 0 Å². The first-order valence-electron chi connectivity index (χ1n) is 8.01. The van der Waals surface area contributed by atoms with Crippen LogP contribution in [-0.4, -0.2) is 34.1 Å². The average molecular weight is 387 g/mol. The second-order valence-corrected chi connectivity index (χ2v) is 5.95. The number of aromatic nitrogens is 3. The predicted molar refractivity (Wildman–Crippen MR) is 105 cm³/mol. The van der Waals surface area contributed by atoms with Crippen LogP contribution in [0.3, 0.4) is 0 Å². The Morgan fingerprint density at radius 1 is 1.15 bits per heavy atom. The van der Waals surface area contributed by atoms with E-state index in [9.17, 15) is 4.39 Å². The molecule has 0 atom stereocenters. The van der Waals surface area contributed by atoms with Gasteiger partial charge in [0, 0.05) is 6.07 Å². The van der Waals surface area contributed by atoms with Gasteiger partial charge >= 0.3 is 0 Å². The molecule has 1 aromatic heterocycles. The van der Waals surface area contributed by atoms with Crippen LogP contribution in [0.5, 0.6) is 11.5 Å². The monoisotopic (exact) mass is 387 g/mol. The normalized spacial score (nSPS) is 10.3. The summed E-state index contributed by atoms with van der Waals surface area (Å²) >= 11 is 5.29. The molecule has 0 radical (unpaired) electrons. The number of anilines is 2. The first-order chi connectivity index (χ1) is 13.1. The molecule has 0 amide bonds. The predicted octanol–water partition coefficient (Wildman–Crippen LogP) is 3.29. The maximum atomic E-state index is 13.3. The number of halogens is 1. The highest BCUT2D eigenvalue weighted by atomic mass is 32.1. The molecule has 0 saturated carbocycles. The van der Waals surface area contributed by atoms with Crippen LogP contribution >= 0.6 is 12.2 Å². The SMILES string of the molecule is COc1ccc(NC(=S)Nc2ncn(Cc3cccc(F)c3)n2)c(OC)c1. The number of nitrogens with zero attached hydrogens (tertiary/aromatic N) is 3. The second kappa shape index (κ2) is 8.45. The Bertz CT molecular complexity index is 947. The molecule has 0 aliphatic rings. The molecule has 0 unspecified atom stereocenters. The number of thiocarbonyl (C=S) groups is 1. The van der Waals surface area contributed by atoms with Crippen LogP contribution in [-0.2, 0) is 6.54 Å². The quantitative estimate of drug-likeness (QED) is 0.629. The van der Waals surface area contributed by atoms with Gasteiger partial charge in [0.1, 0.15) is 23.6 Å². The highest BCUT2D eigenvalue weighted by molar-refractivity contribution is 7.80.